The van der Waals surface area contributed by atoms with Gasteiger partial charge in [0, 0.05) is 19.5 Å². The maximum Gasteiger partial charge on any atom is 0.111 e. The molecule has 0 amide bonds. The van der Waals surface area contributed by atoms with Crippen LogP contribution in [0.15, 0.2) is 36.9 Å². The Hall–Kier alpha value is -1.12. The van der Waals surface area contributed by atoms with Crippen LogP contribution in [0.1, 0.15) is 17.5 Å². The maximum atomic E-state index is 9.85. The van der Waals surface area contributed by atoms with Gasteiger partial charge in [0.25, 0.3) is 0 Å². The van der Waals surface area contributed by atoms with Crippen LogP contribution in [-0.2, 0) is 13.0 Å². The van der Waals surface area contributed by atoms with Crippen LogP contribution < -0.4 is 0 Å². The number of aliphatic hydroxyl groups excluding tert-OH is 1. The van der Waals surface area contributed by atoms with E-state index in [2.05, 4.69) is 35.7 Å². The van der Waals surface area contributed by atoms with Gasteiger partial charge in [-0.1, -0.05) is 30.3 Å². The summed E-state index contributed by atoms with van der Waals surface area (Å²) < 4.78 is 0. The molecular formula is C13H17NO. The van der Waals surface area contributed by atoms with Crippen LogP contribution in [0.5, 0.6) is 0 Å². The molecule has 0 bridgehead atoms. The van der Waals surface area contributed by atoms with Gasteiger partial charge in [0.2, 0.25) is 0 Å². The zero-order chi connectivity index (χ0) is 10.7. The largest absolute Gasteiger partial charge is 0.378 e. The maximum absolute atomic E-state index is 9.85. The summed E-state index contributed by atoms with van der Waals surface area (Å²) in [5.41, 5.74) is 2.76. The van der Waals surface area contributed by atoms with Crippen LogP contribution in [0.4, 0.5) is 0 Å². The second kappa shape index (κ2) is 4.60. The van der Waals surface area contributed by atoms with Crippen LogP contribution in [0.2, 0.25) is 0 Å². The van der Waals surface area contributed by atoms with Crippen molar-refractivity contribution in [2.45, 2.75) is 25.6 Å². The summed E-state index contributed by atoms with van der Waals surface area (Å²) in [6, 6.07) is 8.45. The standard InChI is InChI=1S/C13H17NO/c1-2-5-13(15)14-9-8-11-6-3-4-7-12(11)10-14/h2-4,6-7,13,15H,1,5,8-10H2/t13-/m0/s1. The van der Waals surface area contributed by atoms with Gasteiger partial charge in [-0.2, -0.15) is 0 Å². The number of nitrogens with zero attached hydrogens (tertiary/aromatic N) is 1. The van der Waals surface area contributed by atoms with Gasteiger partial charge in [0.05, 0.1) is 0 Å². The Morgan fingerprint density at radius 2 is 2.13 bits per heavy atom. The number of fused-ring (bicyclic) bond motifs is 1. The van der Waals surface area contributed by atoms with E-state index in [0.29, 0.717) is 6.42 Å². The van der Waals surface area contributed by atoms with Gasteiger partial charge in [-0.15, -0.1) is 6.58 Å². The van der Waals surface area contributed by atoms with Crippen molar-refractivity contribution in [2.24, 2.45) is 0 Å². The van der Waals surface area contributed by atoms with E-state index in [9.17, 15) is 5.11 Å². The Bertz CT molecular complexity index is 348. The fraction of sp³-hybridized carbons (Fsp3) is 0.385. The van der Waals surface area contributed by atoms with Crippen molar-refractivity contribution in [3.8, 4) is 0 Å². The Kier molecular flexibility index (Phi) is 3.19. The highest BCUT2D eigenvalue weighted by molar-refractivity contribution is 5.29. The Balaban J connectivity index is 2.08. The first kappa shape index (κ1) is 10.4. The fourth-order valence-electron chi connectivity index (χ4n) is 2.07. The molecule has 1 atom stereocenters. The average molecular weight is 203 g/mol. The summed E-state index contributed by atoms with van der Waals surface area (Å²) in [6.45, 7) is 5.44. The lowest BCUT2D eigenvalue weighted by Gasteiger charge is -2.32. The van der Waals surface area contributed by atoms with Gasteiger partial charge < -0.3 is 5.11 Å². The highest BCUT2D eigenvalue weighted by atomic mass is 16.3. The molecule has 1 aromatic carbocycles. The number of rotatable bonds is 3. The Labute approximate surface area is 90.8 Å². The van der Waals surface area contributed by atoms with Gasteiger partial charge in [0.15, 0.2) is 0 Å². The molecule has 0 fully saturated rings. The lowest BCUT2D eigenvalue weighted by molar-refractivity contribution is -0.00290. The van der Waals surface area contributed by atoms with Crippen molar-refractivity contribution in [3.05, 3.63) is 48.0 Å². The third-order valence-corrected chi connectivity index (χ3v) is 2.96. The average Bonchev–Trinajstić information content (AvgIpc) is 2.29. The molecule has 1 N–H and O–H groups in total. The third kappa shape index (κ3) is 2.28. The minimum absolute atomic E-state index is 0.379. The highest BCUT2D eigenvalue weighted by Gasteiger charge is 2.20. The van der Waals surface area contributed by atoms with E-state index in [1.807, 2.05) is 0 Å². The lowest BCUT2D eigenvalue weighted by atomic mass is 9.99. The predicted molar refractivity (Wildman–Crippen MR) is 61.4 cm³/mol. The second-order valence-electron chi connectivity index (χ2n) is 3.99. The molecule has 2 rings (SSSR count). The molecule has 1 heterocycles. The van der Waals surface area contributed by atoms with E-state index in [1.165, 1.54) is 11.1 Å². The second-order valence-corrected chi connectivity index (χ2v) is 3.99. The SMILES string of the molecule is C=CC[C@H](O)N1CCc2ccccc2C1. The Morgan fingerprint density at radius 3 is 2.87 bits per heavy atom. The molecule has 0 aliphatic carbocycles. The summed E-state index contributed by atoms with van der Waals surface area (Å²) in [4.78, 5) is 2.10. The summed E-state index contributed by atoms with van der Waals surface area (Å²) in [5.74, 6) is 0. The molecule has 0 saturated carbocycles. The van der Waals surface area contributed by atoms with Gasteiger partial charge in [-0.05, 0) is 17.5 Å². The van der Waals surface area contributed by atoms with Gasteiger partial charge in [-0.3, -0.25) is 4.90 Å². The number of benzene rings is 1. The minimum atomic E-state index is -0.379. The minimum Gasteiger partial charge on any atom is -0.378 e. The molecule has 0 aromatic heterocycles. The summed E-state index contributed by atoms with van der Waals surface area (Å²) in [5, 5.41) is 9.85. The van der Waals surface area contributed by atoms with E-state index in [1.54, 1.807) is 6.08 Å². The van der Waals surface area contributed by atoms with E-state index >= 15 is 0 Å². The molecule has 2 nitrogen and oxygen atoms in total. The van der Waals surface area contributed by atoms with Crippen molar-refractivity contribution in [3.63, 3.8) is 0 Å². The van der Waals surface area contributed by atoms with Crippen LogP contribution in [0, 0.1) is 0 Å². The molecule has 2 heteroatoms. The molecule has 0 saturated heterocycles. The molecule has 1 aliphatic rings. The molecule has 0 unspecified atom stereocenters. The quantitative estimate of drug-likeness (QED) is 0.759. The van der Waals surface area contributed by atoms with E-state index < -0.39 is 0 Å². The first-order valence-electron chi connectivity index (χ1n) is 5.41. The van der Waals surface area contributed by atoms with E-state index in [4.69, 9.17) is 0 Å². The third-order valence-electron chi connectivity index (χ3n) is 2.96. The van der Waals surface area contributed by atoms with Crippen molar-refractivity contribution < 1.29 is 5.11 Å². The molecule has 15 heavy (non-hydrogen) atoms. The van der Waals surface area contributed by atoms with Crippen molar-refractivity contribution in [1.29, 1.82) is 0 Å². The van der Waals surface area contributed by atoms with Gasteiger partial charge in [0.1, 0.15) is 6.23 Å². The zero-order valence-corrected chi connectivity index (χ0v) is 8.89. The fourth-order valence-corrected chi connectivity index (χ4v) is 2.07. The molecule has 80 valence electrons. The van der Waals surface area contributed by atoms with Crippen molar-refractivity contribution in [1.82, 2.24) is 4.90 Å². The molecular weight excluding hydrogens is 186 g/mol. The lowest BCUT2D eigenvalue weighted by Crippen LogP contribution is -2.38. The normalized spacial score (nSPS) is 18.2. The van der Waals surface area contributed by atoms with E-state index in [-0.39, 0.29) is 6.23 Å². The number of hydrogen-bond acceptors (Lipinski definition) is 2. The monoisotopic (exact) mass is 203 g/mol. The number of aliphatic hydroxyl groups is 1. The zero-order valence-electron chi connectivity index (χ0n) is 8.89. The predicted octanol–water partition coefficient (Wildman–Crippen LogP) is 1.94. The van der Waals surface area contributed by atoms with Crippen LogP contribution >= 0.6 is 0 Å². The first-order chi connectivity index (χ1) is 7.31. The van der Waals surface area contributed by atoms with Gasteiger partial charge in [-0.25, -0.2) is 0 Å². The Morgan fingerprint density at radius 1 is 1.40 bits per heavy atom. The summed E-state index contributed by atoms with van der Waals surface area (Å²) in [7, 11) is 0. The van der Waals surface area contributed by atoms with Crippen molar-refractivity contribution >= 4 is 0 Å². The van der Waals surface area contributed by atoms with Crippen LogP contribution in [-0.4, -0.2) is 22.8 Å². The molecule has 0 spiro atoms. The molecule has 1 aliphatic heterocycles. The van der Waals surface area contributed by atoms with Crippen molar-refractivity contribution in [2.75, 3.05) is 6.54 Å². The highest BCUT2D eigenvalue weighted by Crippen LogP contribution is 2.20. The summed E-state index contributed by atoms with van der Waals surface area (Å²) >= 11 is 0. The molecule has 0 radical (unpaired) electrons. The number of hydrogen-bond donors (Lipinski definition) is 1. The molecule has 1 aromatic rings. The van der Waals surface area contributed by atoms with Gasteiger partial charge >= 0.3 is 0 Å². The smallest absolute Gasteiger partial charge is 0.111 e. The van der Waals surface area contributed by atoms with Crippen LogP contribution in [0.25, 0.3) is 0 Å². The summed E-state index contributed by atoms with van der Waals surface area (Å²) in [6.07, 6.45) is 3.06. The van der Waals surface area contributed by atoms with E-state index in [0.717, 1.165) is 19.5 Å². The topological polar surface area (TPSA) is 23.5 Å². The first-order valence-corrected chi connectivity index (χ1v) is 5.41. The van der Waals surface area contributed by atoms with Crippen LogP contribution in [0.3, 0.4) is 0 Å².